The lowest BCUT2D eigenvalue weighted by Gasteiger charge is -2.14. The summed E-state index contributed by atoms with van der Waals surface area (Å²) in [5, 5.41) is 2.80. The number of hydrogen-bond acceptors (Lipinski definition) is 3. The molecule has 1 aliphatic heterocycles. The molecule has 2 amide bonds. The highest BCUT2D eigenvalue weighted by molar-refractivity contribution is 7.98. The summed E-state index contributed by atoms with van der Waals surface area (Å²) < 4.78 is 0. The molecule has 0 aliphatic carbocycles. The second-order valence-corrected chi connectivity index (χ2v) is 4.92. The van der Waals surface area contributed by atoms with E-state index >= 15 is 0 Å². The van der Waals surface area contributed by atoms with Crippen LogP contribution in [0.3, 0.4) is 0 Å². The Labute approximate surface area is 101 Å². The molecule has 5 heteroatoms. The molecule has 1 rings (SSSR count). The summed E-state index contributed by atoms with van der Waals surface area (Å²) in [6.07, 6.45) is 4.88. The van der Waals surface area contributed by atoms with Crippen molar-refractivity contribution in [1.82, 2.24) is 10.2 Å². The van der Waals surface area contributed by atoms with E-state index in [4.69, 9.17) is 0 Å². The van der Waals surface area contributed by atoms with Crippen molar-refractivity contribution < 1.29 is 9.59 Å². The Kier molecular flexibility index (Phi) is 6.30. The average Bonchev–Trinajstić information content (AvgIpc) is 2.79. The minimum atomic E-state index is -0.0124. The van der Waals surface area contributed by atoms with Crippen molar-refractivity contribution in [3.63, 3.8) is 0 Å². The zero-order chi connectivity index (χ0) is 11.8. The molecule has 1 heterocycles. The van der Waals surface area contributed by atoms with Crippen molar-refractivity contribution in [1.29, 1.82) is 0 Å². The van der Waals surface area contributed by atoms with E-state index < -0.39 is 0 Å². The monoisotopic (exact) mass is 244 g/mol. The third kappa shape index (κ3) is 4.88. The number of rotatable bonds is 6. The standard InChI is InChI=1S/C11H20N2O2S/c1-16-9-6-12-10(14)4-5-11(15)13-7-2-3-8-13/h2-9H2,1H3,(H,12,14). The quantitative estimate of drug-likeness (QED) is 0.705. The molecular weight excluding hydrogens is 224 g/mol. The minimum Gasteiger partial charge on any atom is -0.355 e. The Bertz CT molecular complexity index is 240. The van der Waals surface area contributed by atoms with Crippen LogP contribution in [0.25, 0.3) is 0 Å². The van der Waals surface area contributed by atoms with Crippen LogP contribution in [0.15, 0.2) is 0 Å². The molecule has 0 atom stereocenters. The predicted octanol–water partition coefficient (Wildman–Crippen LogP) is 0.868. The van der Waals surface area contributed by atoms with Gasteiger partial charge in [-0.3, -0.25) is 9.59 Å². The molecule has 0 saturated carbocycles. The highest BCUT2D eigenvalue weighted by Gasteiger charge is 2.18. The smallest absolute Gasteiger partial charge is 0.223 e. The number of likely N-dealkylation sites (tertiary alicyclic amines) is 1. The summed E-state index contributed by atoms with van der Waals surface area (Å²) >= 11 is 1.70. The average molecular weight is 244 g/mol. The van der Waals surface area contributed by atoms with Gasteiger partial charge in [0.05, 0.1) is 0 Å². The van der Waals surface area contributed by atoms with Gasteiger partial charge < -0.3 is 10.2 Å². The van der Waals surface area contributed by atoms with Gasteiger partial charge >= 0.3 is 0 Å². The number of thioether (sulfide) groups is 1. The summed E-state index contributed by atoms with van der Waals surface area (Å²) in [6.45, 7) is 2.43. The van der Waals surface area contributed by atoms with Gasteiger partial charge in [-0.05, 0) is 19.1 Å². The van der Waals surface area contributed by atoms with Crippen LogP contribution in [0.4, 0.5) is 0 Å². The summed E-state index contributed by atoms with van der Waals surface area (Å²) in [7, 11) is 0. The Morgan fingerprint density at radius 1 is 1.25 bits per heavy atom. The van der Waals surface area contributed by atoms with Crippen molar-refractivity contribution in [3.05, 3.63) is 0 Å². The third-order valence-corrected chi connectivity index (χ3v) is 3.27. The third-order valence-electron chi connectivity index (χ3n) is 2.65. The van der Waals surface area contributed by atoms with Crippen LogP contribution in [0.5, 0.6) is 0 Å². The zero-order valence-electron chi connectivity index (χ0n) is 9.83. The molecule has 0 aromatic heterocycles. The largest absolute Gasteiger partial charge is 0.355 e. The highest BCUT2D eigenvalue weighted by Crippen LogP contribution is 2.09. The molecule has 92 valence electrons. The molecule has 0 unspecified atom stereocenters. The molecule has 0 radical (unpaired) electrons. The van der Waals surface area contributed by atoms with Crippen molar-refractivity contribution in [3.8, 4) is 0 Å². The molecule has 0 aromatic rings. The number of nitrogens with zero attached hydrogens (tertiary/aromatic N) is 1. The van der Waals surface area contributed by atoms with Crippen LogP contribution < -0.4 is 5.32 Å². The van der Waals surface area contributed by atoms with Crippen LogP contribution in [0, 0.1) is 0 Å². The van der Waals surface area contributed by atoms with E-state index in [-0.39, 0.29) is 11.8 Å². The molecule has 0 aromatic carbocycles. The Hall–Kier alpha value is -0.710. The van der Waals surface area contributed by atoms with Gasteiger partial charge in [-0.15, -0.1) is 0 Å². The number of carbonyl (C=O) groups is 2. The fourth-order valence-electron chi connectivity index (χ4n) is 1.73. The summed E-state index contributed by atoms with van der Waals surface area (Å²) in [5.74, 6) is 1.03. The van der Waals surface area contributed by atoms with Crippen LogP contribution >= 0.6 is 11.8 Å². The molecule has 1 N–H and O–H groups in total. The van der Waals surface area contributed by atoms with Crippen molar-refractivity contribution in [2.45, 2.75) is 25.7 Å². The summed E-state index contributed by atoms with van der Waals surface area (Å²) in [5.41, 5.74) is 0. The van der Waals surface area contributed by atoms with E-state index in [0.29, 0.717) is 19.4 Å². The van der Waals surface area contributed by atoms with Gasteiger partial charge in [-0.2, -0.15) is 11.8 Å². The van der Waals surface area contributed by atoms with Gasteiger partial charge in [0.1, 0.15) is 0 Å². The molecule has 4 nitrogen and oxygen atoms in total. The summed E-state index contributed by atoms with van der Waals surface area (Å²) in [6, 6.07) is 0. The van der Waals surface area contributed by atoms with Crippen molar-refractivity contribution >= 4 is 23.6 Å². The number of amides is 2. The first kappa shape index (κ1) is 13.4. The predicted molar refractivity (Wildman–Crippen MR) is 66.4 cm³/mol. The number of nitrogens with one attached hydrogen (secondary N) is 1. The first-order chi connectivity index (χ1) is 7.74. The maximum atomic E-state index is 11.6. The summed E-state index contributed by atoms with van der Waals surface area (Å²) in [4.78, 5) is 24.8. The molecule has 1 aliphatic rings. The molecular formula is C11H20N2O2S. The zero-order valence-corrected chi connectivity index (χ0v) is 10.6. The van der Waals surface area contributed by atoms with Gasteiger partial charge in [0.15, 0.2) is 0 Å². The van der Waals surface area contributed by atoms with Crippen LogP contribution in [-0.2, 0) is 9.59 Å². The van der Waals surface area contributed by atoms with Gasteiger partial charge in [0.25, 0.3) is 0 Å². The van der Waals surface area contributed by atoms with Gasteiger partial charge in [-0.1, -0.05) is 0 Å². The van der Waals surface area contributed by atoms with Crippen LogP contribution in [-0.4, -0.2) is 48.4 Å². The normalized spacial score (nSPS) is 15.2. The van der Waals surface area contributed by atoms with Crippen molar-refractivity contribution in [2.24, 2.45) is 0 Å². The van der Waals surface area contributed by atoms with Gasteiger partial charge in [-0.25, -0.2) is 0 Å². The topological polar surface area (TPSA) is 49.4 Å². The second-order valence-electron chi connectivity index (χ2n) is 3.93. The number of carbonyl (C=O) groups excluding carboxylic acids is 2. The molecule has 1 fully saturated rings. The Balaban J connectivity index is 2.08. The molecule has 16 heavy (non-hydrogen) atoms. The lowest BCUT2D eigenvalue weighted by molar-refractivity contribution is -0.132. The minimum absolute atomic E-state index is 0.0124. The van der Waals surface area contributed by atoms with Crippen LogP contribution in [0.2, 0.25) is 0 Å². The maximum Gasteiger partial charge on any atom is 0.223 e. The first-order valence-electron chi connectivity index (χ1n) is 5.77. The Morgan fingerprint density at radius 3 is 2.56 bits per heavy atom. The lowest BCUT2D eigenvalue weighted by atomic mass is 10.2. The maximum absolute atomic E-state index is 11.6. The second kappa shape index (κ2) is 7.54. The van der Waals surface area contributed by atoms with E-state index in [1.807, 2.05) is 11.2 Å². The van der Waals surface area contributed by atoms with Crippen LogP contribution in [0.1, 0.15) is 25.7 Å². The van der Waals surface area contributed by atoms with E-state index in [1.165, 1.54) is 0 Å². The fourth-order valence-corrected chi connectivity index (χ4v) is 2.03. The lowest BCUT2D eigenvalue weighted by Crippen LogP contribution is -2.30. The number of hydrogen-bond donors (Lipinski definition) is 1. The Morgan fingerprint density at radius 2 is 1.94 bits per heavy atom. The molecule has 0 spiro atoms. The van der Waals surface area contributed by atoms with Gasteiger partial charge in [0, 0.05) is 38.2 Å². The van der Waals surface area contributed by atoms with Crippen molar-refractivity contribution in [2.75, 3.05) is 31.6 Å². The molecule has 1 saturated heterocycles. The van der Waals surface area contributed by atoms with E-state index in [2.05, 4.69) is 5.32 Å². The van der Waals surface area contributed by atoms with E-state index in [0.717, 1.165) is 31.7 Å². The van der Waals surface area contributed by atoms with E-state index in [1.54, 1.807) is 11.8 Å². The SMILES string of the molecule is CSCCNC(=O)CCC(=O)N1CCCC1. The molecule has 0 bridgehead atoms. The first-order valence-corrected chi connectivity index (χ1v) is 7.17. The van der Waals surface area contributed by atoms with Gasteiger partial charge in [0.2, 0.25) is 11.8 Å². The highest BCUT2D eigenvalue weighted by atomic mass is 32.2. The fraction of sp³-hybridized carbons (Fsp3) is 0.818. The van der Waals surface area contributed by atoms with E-state index in [9.17, 15) is 9.59 Å².